The summed E-state index contributed by atoms with van der Waals surface area (Å²) < 4.78 is 5.85. The minimum absolute atomic E-state index is 0.674. The second-order valence-electron chi connectivity index (χ2n) is 5.21. The molecule has 0 unspecified atom stereocenters. The Morgan fingerprint density at radius 1 is 1.11 bits per heavy atom. The lowest BCUT2D eigenvalue weighted by molar-refractivity contribution is 0.444. The number of hydrogen-bond acceptors (Lipinski definition) is 2. The Morgan fingerprint density at radius 2 is 1.89 bits per heavy atom. The lowest BCUT2D eigenvalue weighted by atomic mass is 10.2. The van der Waals surface area contributed by atoms with Crippen LogP contribution in [0.15, 0.2) is 46.9 Å². The molecular weight excluding hydrogens is 222 g/mol. The maximum absolute atomic E-state index is 5.85. The topological polar surface area (TPSA) is 25.2 Å². The van der Waals surface area contributed by atoms with Gasteiger partial charge in [0.25, 0.3) is 0 Å². The Labute approximate surface area is 108 Å². The van der Waals surface area contributed by atoms with Crippen molar-refractivity contribution >= 4 is 0 Å². The van der Waals surface area contributed by atoms with Crippen LogP contribution in [0.3, 0.4) is 0 Å². The fraction of sp³-hybridized carbons (Fsp3) is 0.375. The van der Waals surface area contributed by atoms with Gasteiger partial charge in [-0.05, 0) is 30.0 Å². The highest BCUT2D eigenvalue weighted by atomic mass is 16.3. The van der Waals surface area contributed by atoms with Crippen LogP contribution in [0, 0.1) is 5.92 Å². The van der Waals surface area contributed by atoms with E-state index in [-0.39, 0.29) is 0 Å². The van der Waals surface area contributed by atoms with E-state index in [0.717, 1.165) is 24.8 Å². The van der Waals surface area contributed by atoms with Gasteiger partial charge in [0.05, 0.1) is 6.54 Å². The summed E-state index contributed by atoms with van der Waals surface area (Å²) in [6.45, 7) is 3.97. The molecule has 1 aromatic carbocycles. The number of furan rings is 1. The van der Waals surface area contributed by atoms with E-state index in [9.17, 15) is 0 Å². The molecule has 0 aliphatic heterocycles. The lowest BCUT2D eigenvalue weighted by Gasteiger charge is -2.02. The first-order valence-corrected chi connectivity index (χ1v) is 6.66. The molecule has 3 rings (SSSR count). The number of rotatable bonds is 5. The molecule has 0 radical (unpaired) electrons. The monoisotopic (exact) mass is 241 g/mol. The average Bonchev–Trinajstić information content (AvgIpc) is 2.94. The van der Waals surface area contributed by atoms with E-state index in [2.05, 4.69) is 48.6 Å². The maximum atomic E-state index is 5.85. The molecule has 0 bridgehead atoms. The summed E-state index contributed by atoms with van der Waals surface area (Å²) in [7, 11) is 0. The SMILES string of the molecule is C[C@@H]1C[C@@H]1c1ccc(CNCc2ccccc2)o1. The Morgan fingerprint density at radius 3 is 2.61 bits per heavy atom. The molecule has 2 atom stereocenters. The average molecular weight is 241 g/mol. The largest absolute Gasteiger partial charge is 0.464 e. The zero-order valence-electron chi connectivity index (χ0n) is 10.7. The van der Waals surface area contributed by atoms with E-state index < -0.39 is 0 Å². The normalized spacial score (nSPS) is 22.1. The van der Waals surface area contributed by atoms with Gasteiger partial charge in [-0.25, -0.2) is 0 Å². The molecule has 94 valence electrons. The van der Waals surface area contributed by atoms with E-state index in [4.69, 9.17) is 4.42 Å². The van der Waals surface area contributed by atoms with Crippen molar-refractivity contribution in [2.24, 2.45) is 5.92 Å². The fourth-order valence-electron chi connectivity index (χ4n) is 2.33. The summed E-state index contributed by atoms with van der Waals surface area (Å²) in [6.07, 6.45) is 1.28. The third-order valence-corrected chi connectivity index (χ3v) is 3.63. The molecule has 1 N–H and O–H groups in total. The first-order valence-electron chi connectivity index (χ1n) is 6.66. The zero-order valence-corrected chi connectivity index (χ0v) is 10.7. The van der Waals surface area contributed by atoms with Crippen LogP contribution >= 0.6 is 0 Å². The van der Waals surface area contributed by atoms with Crippen LogP contribution in [0.1, 0.15) is 36.3 Å². The van der Waals surface area contributed by atoms with Crippen molar-refractivity contribution in [2.75, 3.05) is 0 Å². The van der Waals surface area contributed by atoms with Crippen LogP contribution in [-0.2, 0) is 13.1 Å². The Hall–Kier alpha value is -1.54. The van der Waals surface area contributed by atoms with Crippen LogP contribution in [0.2, 0.25) is 0 Å². The smallest absolute Gasteiger partial charge is 0.117 e. The molecule has 1 aliphatic rings. The third kappa shape index (κ3) is 2.65. The summed E-state index contributed by atoms with van der Waals surface area (Å²) in [5, 5.41) is 3.41. The predicted molar refractivity (Wildman–Crippen MR) is 72.2 cm³/mol. The van der Waals surface area contributed by atoms with Gasteiger partial charge in [0.2, 0.25) is 0 Å². The van der Waals surface area contributed by atoms with Crippen molar-refractivity contribution in [3.63, 3.8) is 0 Å². The molecule has 0 spiro atoms. The standard InChI is InChI=1S/C16H19NO/c1-12-9-15(12)16-8-7-14(18-16)11-17-10-13-5-3-2-4-6-13/h2-8,12,15,17H,9-11H2,1H3/t12-,15+/m1/s1. The molecule has 1 heterocycles. The number of nitrogens with one attached hydrogen (secondary N) is 1. The quantitative estimate of drug-likeness (QED) is 0.863. The van der Waals surface area contributed by atoms with Crippen LogP contribution in [0.4, 0.5) is 0 Å². The summed E-state index contributed by atoms with van der Waals surface area (Å²) in [4.78, 5) is 0. The van der Waals surface area contributed by atoms with Crippen LogP contribution < -0.4 is 5.32 Å². The third-order valence-electron chi connectivity index (χ3n) is 3.63. The van der Waals surface area contributed by atoms with Crippen LogP contribution in [0.25, 0.3) is 0 Å². The molecule has 2 aromatic rings. The Balaban J connectivity index is 1.50. The van der Waals surface area contributed by atoms with Gasteiger partial charge < -0.3 is 9.73 Å². The summed E-state index contributed by atoms with van der Waals surface area (Å²) >= 11 is 0. The molecule has 1 aliphatic carbocycles. The van der Waals surface area contributed by atoms with Gasteiger partial charge in [-0.3, -0.25) is 0 Å². The van der Waals surface area contributed by atoms with Gasteiger partial charge >= 0.3 is 0 Å². The minimum Gasteiger partial charge on any atom is -0.464 e. The first-order chi connectivity index (χ1) is 8.83. The molecule has 2 nitrogen and oxygen atoms in total. The van der Waals surface area contributed by atoms with Crippen molar-refractivity contribution in [3.05, 3.63) is 59.5 Å². The second kappa shape index (κ2) is 4.99. The van der Waals surface area contributed by atoms with Gasteiger partial charge in [-0.1, -0.05) is 37.3 Å². The minimum atomic E-state index is 0.674. The van der Waals surface area contributed by atoms with Crippen LogP contribution in [-0.4, -0.2) is 0 Å². The molecular formula is C16H19NO. The van der Waals surface area contributed by atoms with Crippen molar-refractivity contribution in [2.45, 2.75) is 32.4 Å². The lowest BCUT2D eigenvalue weighted by Crippen LogP contribution is -2.11. The van der Waals surface area contributed by atoms with Crippen molar-refractivity contribution in [1.29, 1.82) is 0 Å². The highest BCUT2D eigenvalue weighted by Gasteiger charge is 2.36. The Bertz CT molecular complexity index is 503. The second-order valence-corrected chi connectivity index (χ2v) is 5.21. The maximum Gasteiger partial charge on any atom is 0.117 e. The molecule has 2 heteroatoms. The zero-order chi connectivity index (χ0) is 12.4. The molecule has 0 saturated heterocycles. The fourth-order valence-corrected chi connectivity index (χ4v) is 2.33. The highest BCUT2D eigenvalue weighted by Crippen LogP contribution is 2.47. The van der Waals surface area contributed by atoms with Crippen molar-refractivity contribution in [3.8, 4) is 0 Å². The van der Waals surface area contributed by atoms with E-state index in [0.29, 0.717) is 5.92 Å². The summed E-state index contributed by atoms with van der Waals surface area (Å²) in [5.41, 5.74) is 1.31. The predicted octanol–water partition coefficient (Wildman–Crippen LogP) is 3.69. The number of benzene rings is 1. The molecule has 1 saturated carbocycles. The number of hydrogen-bond donors (Lipinski definition) is 1. The van der Waals surface area contributed by atoms with Gasteiger partial charge in [0.15, 0.2) is 0 Å². The van der Waals surface area contributed by atoms with E-state index in [1.54, 1.807) is 0 Å². The first kappa shape index (κ1) is 11.5. The summed E-state index contributed by atoms with van der Waals surface area (Å²) in [5.74, 6) is 3.69. The van der Waals surface area contributed by atoms with Gasteiger partial charge in [-0.2, -0.15) is 0 Å². The molecule has 18 heavy (non-hydrogen) atoms. The Kier molecular flexibility index (Phi) is 3.20. The van der Waals surface area contributed by atoms with Gasteiger partial charge in [0.1, 0.15) is 11.5 Å². The van der Waals surface area contributed by atoms with Gasteiger partial charge in [-0.15, -0.1) is 0 Å². The van der Waals surface area contributed by atoms with E-state index in [1.165, 1.54) is 17.7 Å². The molecule has 1 fully saturated rings. The highest BCUT2D eigenvalue weighted by molar-refractivity contribution is 5.18. The summed E-state index contributed by atoms with van der Waals surface area (Å²) in [6, 6.07) is 14.7. The van der Waals surface area contributed by atoms with Crippen LogP contribution in [0.5, 0.6) is 0 Å². The van der Waals surface area contributed by atoms with Gasteiger partial charge in [0, 0.05) is 12.5 Å². The molecule has 1 aromatic heterocycles. The van der Waals surface area contributed by atoms with E-state index in [1.807, 2.05) is 6.07 Å². The molecule has 0 amide bonds. The van der Waals surface area contributed by atoms with E-state index >= 15 is 0 Å². The van der Waals surface area contributed by atoms with Crippen molar-refractivity contribution in [1.82, 2.24) is 5.32 Å². The van der Waals surface area contributed by atoms with Crippen molar-refractivity contribution < 1.29 is 4.42 Å².